The van der Waals surface area contributed by atoms with E-state index < -0.39 is 22.9 Å². The normalized spacial score (nSPS) is 36.7. The molecule has 2 aliphatic rings. The minimum absolute atomic E-state index is 0.322. The monoisotopic (exact) mass is 244 g/mol. The van der Waals surface area contributed by atoms with Crippen LogP contribution in [0.3, 0.4) is 0 Å². The molecule has 98 valence electrons. The van der Waals surface area contributed by atoms with Crippen LogP contribution in [-0.2, 0) is 4.74 Å². The molecule has 1 aliphatic heterocycles. The molecule has 17 heavy (non-hydrogen) atoms. The average molecular weight is 244 g/mol. The first-order valence-corrected chi connectivity index (χ1v) is 6.17. The van der Waals surface area contributed by atoms with Gasteiger partial charge in [-0.3, -0.25) is 0 Å². The SMILES string of the molecule is CC(C)(C)OC(=O)NC12CCCC1(F)CNC2. The van der Waals surface area contributed by atoms with Gasteiger partial charge in [0.1, 0.15) is 11.3 Å². The molecule has 5 heteroatoms. The smallest absolute Gasteiger partial charge is 0.408 e. The fourth-order valence-electron chi connectivity index (χ4n) is 2.83. The summed E-state index contributed by atoms with van der Waals surface area (Å²) >= 11 is 0. The van der Waals surface area contributed by atoms with Gasteiger partial charge in [0.2, 0.25) is 0 Å². The van der Waals surface area contributed by atoms with Crippen LogP contribution < -0.4 is 10.6 Å². The van der Waals surface area contributed by atoms with Crippen LogP contribution in [0.4, 0.5) is 9.18 Å². The molecule has 0 radical (unpaired) electrons. The lowest BCUT2D eigenvalue weighted by molar-refractivity contribution is 0.0333. The van der Waals surface area contributed by atoms with E-state index in [4.69, 9.17) is 4.74 Å². The van der Waals surface area contributed by atoms with Gasteiger partial charge in [0, 0.05) is 13.1 Å². The number of fused-ring (bicyclic) bond motifs is 1. The molecule has 4 nitrogen and oxygen atoms in total. The number of hydrogen-bond donors (Lipinski definition) is 2. The van der Waals surface area contributed by atoms with Crippen molar-refractivity contribution in [1.82, 2.24) is 10.6 Å². The van der Waals surface area contributed by atoms with E-state index in [0.717, 1.165) is 6.42 Å². The third-order valence-electron chi connectivity index (χ3n) is 3.61. The molecule has 2 fully saturated rings. The van der Waals surface area contributed by atoms with Crippen molar-refractivity contribution < 1.29 is 13.9 Å². The molecular weight excluding hydrogens is 223 g/mol. The number of carbonyl (C=O) groups is 1. The summed E-state index contributed by atoms with van der Waals surface area (Å²) in [6.45, 7) is 6.21. The van der Waals surface area contributed by atoms with Gasteiger partial charge in [0.05, 0.1) is 5.54 Å². The Balaban J connectivity index is 2.05. The maximum absolute atomic E-state index is 14.6. The van der Waals surface area contributed by atoms with Crippen LogP contribution in [0.25, 0.3) is 0 Å². The number of rotatable bonds is 1. The van der Waals surface area contributed by atoms with Crippen molar-refractivity contribution in [2.24, 2.45) is 0 Å². The summed E-state index contributed by atoms with van der Waals surface area (Å²) in [5.74, 6) is 0. The summed E-state index contributed by atoms with van der Waals surface area (Å²) in [7, 11) is 0. The molecule has 1 saturated heterocycles. The molecule has 2 unspecified atom stereocenters. The standard InChI is InChI=1S/C12H21FN2O2/c1-10(2,3)17-9(16)15-12-6-4-5-11(12,13)7-14-8-12/h14H,4-8H2,1-3H3,(H,15,16). The predicted octanol–water partition coefficient (Wildman–Crippen LogP) is 1.75. The van der Waals surface area contributed by atoms with Crippen LogP contribution in [0.2, 0.25) is 0 Å². The number of nitrogens with one attached hydrogen (secondary N) is 2. The van der Waals surface area contributed by atoms with Gasteiger partial charge in [-0.1, -0.05) is 0 Å². The zero-order valence-electron chi connectivity index (χ0n) is 10.7. The molecule has 2 atom stereocenters. The van der Waals surface area contributed by atoms with Gasteiger partial charge in [-0.25, -0.2) is 9.18 Å². The largest absolute Gasteiger partial charge is 0.444 e. The van der Waals surface area contributed by atoms with Gasteiger partial charge in [-0.15, -0.1) is 0 Å². The highest BCUT2D eigenvalue weighted by atomic mass is 19.1. The van der Waals surface area contributed by atoms with Crippen LogP contribution in [0.15, 0.2) is 0 Å². The molecule has 0 aromatic rings. The highest BCUT2D eigenvalue weighted by molar-refractivity contribution is 5.69. The molecule has 1 saturated carbocycles. The van der Waals surface area contributed by atoms with E-state index in [2.05, 4.69) is 10.6 Å². The molecule has 0 spiro atoms. The van der Waals surface area contributed by atoms with Crippen LogP contribution in [0, 0.1) is 0 Å². The topological polar surface area (TPSA) is 50.4 Å². The van der Waals surface area contributed by atoms with Crippen molar-refractivity contribution in [3.63, 3.8) is 0 Å². The fourth-order valence-corrected chi connectivity index (χ4v) is 2.83. The van der Waals surface area contributed by atoms with E-state index in [9.17, 15) is 9.18 Å². The molecule has 1 aliphatic carbocycles. The Morgan fingerprint density at radius 2 is 2.06 bits per heavy atom. The second-order valence-corrected chi connectivity index (χ2v) is 6.13. The van der Waals surface area contributed by atoms with Gasteiger partial charge in [0.15, 0.2) is 0 Å². The molecule has 0 aromatic carbocycles. The van der Waals surface area contributed by atoms with Gasteiger partial charge in [0.25, 0.3) is 0 Å². The number of halogens is 1. The summed E-state index contributed by atoms with van der Waals surface area (Å²) in [6.07, 6.45) is 1.48. The van der Waals surface area contributed by atoms with Crippen molar-refractivity contribution in [3.05, 3.63) is 0 Å². The molecule has 0 aromatic heterocycles. The second-order valence-electron chi connectivity index (χ2n) is 6.13. The van der Waals surface area contributed by atoms with E-state index >= 15 is 0 Å². The van der Waals surface area contributed by atoms with Crippen molar-refractivity contribution in [2.75, 3.05) is 13.1 Å². The Labute approximate surface area is 101 Å². The van der Waals surface area contributed by atoms with Crippen LogP contribution in [0.5, 0.6) is 0 Å². The Kier molecular flexibility index (Phi) is 2.84. The molecule has 0 bridgehead atoms. The van der Waals surface area contributed by atoms with Gasteiger partial charge >= 0.3 is 6.09 Å². The maximum atomic E-state index is 14.6. The minimum Gasteiger partial charge on any atom is -0.444 e. The summed E-state index contributed by atoms with van der Waals surface area (Å²) in [6, 6.07) is 0. The molecule has 1 heterocycles. The first-order chi connectivity index (χ1) is 7.77. The highest BCUT2D eigenvalue weighted by Gasteiger charge is 2.60. The summed E-state index contributed by atoms with van der Waals surface area (Å²) in [5.41, 5.74) is -2.64. The van der Waals surface area contributed by atoms with Crippen molar-refractivity contribution in [3.8, 4) is 0 Å². The first kappa shape index (κ1) is 12.6. The Bertz CT molecular complexity index is 315. The third-order valence-corrected chi connectivity index (χ3v) is 3.61. The van der Waals surface area contributed by atoms with Crippen LogP contribution >= 0.6 is 0 Å². The van der Waals surface area contributed by atoms with E-state index in [0.29, 0.717) is 25.9 Å². The summed E-state index contributed by atoms with van der Waals surface area (Å²) < 4.78 is 19.8. The lowest BCUT2D eigenvalue weighted by Gasteiger charge is -2.34. The highest BCUT2D eigenvalue weighted by Crippen LogP contribution is 2.44. The minimum atomic E-state index is -1.32. The van der Waals surface area contributed by atoms with Gasteiger partial charge in [-0.05, 0) is 40.0 Å². The lowest BCUT2D eigenvalue weighted by atomic mass is 9.88. The van der Waals surface area contributed by atoms with Gasteiger partial charge in [-0.2, -0.15) is 0 Å². The number of carbonyl (C=O) groups excluding carboxylic acids is 1. The predicted molar refractivity (Wildman–Crippen MR) is 62.7 cm³/mol. The third kappa shape index (κ3) is 2.25. The number of amides is 1. The Morgan fingerprint density at radius 1 is 1.35 bits per heavy atom. The van der Waals surface area contributed by atoms with Crippen LogP contribution in [-0.4, -0.2) is 36.0 Å². The number of alkyl halides is 1. The first-order valence-electron chi connectivity index (χ1n) is 6.17. The molecule has 2 rings (SSSR count). The number of hydrogen-bond acceptors (Lipinski definition) is 3. The molecule has 2 N–H and O–H groups in total. The van der Waals surface area contributed by atoms with Crippen molar-refractivity contribution in [1.29, 1.82) is 0 Å². The van der Waals surface area contributed by atoms with Crippen LogP contribution in [0.1, 0.15) is 40.0 Å². The van der Waals surface area contributed by atoms with E-state index in [1.165, 1.54) is 0 Å². The lowest BCUT2D eigenvalue weighted by Crippen LogP contribution is -2.59. The second kappa shape index (κ2) is 3.83. The van der Waals surface area contributed by atoms with E-state index in [1.54, 1.807) is 20.8 Å². The van der Waals surface area contributed by atoms with E-state index in [-0.39, 0.29) is 0 Å². The van der Waals surface area contributed by atoms with E-state index in [1.807, 2.05) is 0 Å². The Morgan fingerprint density at radius 3 is 2.71 bits per heavy atom. The molecule has 1 amide bonds. The number of alkyl carbamates (subject to hydrolysis) is 1. The number of ether oxygens (including phenoxy) is 1. The maximum Gasteiger partial charge on any atom is 0.408 e. The average Bonchev–Trinajstić information content (AvgIpc) is 2.53. The zero-order chi connectivity index (χ0) is 12.7. The summed E-state index contributed by atoms with van der Waals surface area (Å²) in [5, 5.41) is 5.78. The quantitative estimate of drug-likeness (QED) is 0.738. The molecular formula is C12H21FN2O2. The van der Waals surface area contributed by atoms with Crippen molar-refractivity contribution in [2.45, 2.75) is 56.8 Å². The van der Waals surface area contributed by atoms with Crippen molar-refractivity contribution >= 4 is 6.09 Å². The van der Waals surface area contributed by atoms with Gasteiger partial charge < -0.3 is 15.4 Å². The Hall–Kier alpha value is -0.840. The zero-order valence-corrected chi connectivity index (χ0v) is 10.7. The summed E-state index contributed by atoms with van der Waals surface area (Å²) in [4.78, 5) is 11.8. The fraction of sp³-hybridized carbons (Fsp3) is 0.917.